The molecule has 4 nitrogen and oxygen atoms in total. The van der Waals surface area contributed by atoms with Gasteiger partial charge >= 0.3 is 0 Å². The zero-order valence-corrected chi connectivity index (χ0v) is 12.2. The molecule has 0 bridgehead atoms. The number of nitrogens with one attached hydrogen (secondary N) is 1. The molecule has 5 heteroatoms. The molecule has 0 aliphatic rings. The van der Waals surface area contributed by atoms with E-state index >= 15 is 0 Å². The highest BCUT2D eigenvalue weighted by Crippen LogP contribution is 2.12. The lowest BCUT2D eigenvalue weighted by molar-refractivity contribution is 0.0253. The lowest BCUT2D eigenvalue weighted by atomic mass is 10.1. The molecule has 0 heterocycles. The van der Waals surface area contributed by atoms with Crippen LogP contribution in [-0.2, 0) is 14.2 Å². The number of halogens is 1. The van der Waals surface area contributed by atoms with Gasteiger partial charge in [0.1, 0.15) is 5.82 Å². The number of ether oxygens (including phenoxy) is 3. The number of methoxy groups -OCH3 is 1. The van der Waals surface area contributed by atoms with Gasteiger partial charge in [-0.05, 0) is 24.6 Å². The van der Waals surface area contributed by atoms with Crippen molar-refractivity contribution in [2.45, 2.75) is 13.0 Å². The van der Waals surface area contributed by atoms with E-state index in [0.29, 0.717) is 33.0 Å². The van der Waals surface area contributed by atoms with Crippen LogP contribution in [0.3, 0.4) is 0 Å². The minimum Gasteiger partial charge on any atom is -0.382 e. The van der Waals surface area contributed by atoms with Gasteiger partial charge in [0.2, 0.25) is 0 Å². The van der Waals surface area contributed by atoms with Gasteiger partial charge in [-0.3, -0.25) is 0 Å². The van der Waals surface area contributed by atoms with Crippen LogP contribution in [0.15, 0.2) is 24.3 Å². The van der Waals surface area contributed by atoms with Gasteiger partial charge in [0, 0.05) is 19.7 Å². The fourth-order valence-corrected chi connectivity index (χ4v) is 1.71. The Balaban J connectivity index is 2.01. The lowest BCUT2D eigenvalue weighted by Crippen LogP contribution is -2.24. The minimum atomic E-state index is -0.208. The molecular weight excluding hydrogens is 261 g/mol. The van der Waals surface area contributed by atoms with Crippen molar-refractivity contribution in [3.63, 3.8) is 0 Å². The Hall–Kier alpha value is -1.01. The maximum atomic E-state index is 13.1. The third kappa shape index (κ3) is 7.55. The van der Waals surface area contributed by atoms with Gasteiger partial charge < -0.3 is 19.5 Å². The predicted molar refractivity (Wildman–Crippen MR) is 76.3 cm³/mol. The first-order valence-corrected chi connectivity index (χ1v) is 6.87. The average molecular weight is 285 g/mol. The molecule has 0 saturated heterocycles. The molecule has 0 fully saturated rings. The highest BCUT2D eigenvalue weighted by Gasteiger charge is 2.04. The van der Waals surface area contributed by atoms with Crippen LogP contribution >= 0.6 is 0 Å². The van der Waals surface area contributed by atoms with Crippen molar-refractivity contribution in [1.29, 1.82) is 0 Å². The van der Waals surface area contributed by atoms with E-state index in [-0.39, 0.29) is 11.9 Å². The van der Waals surface area contributed by atoms with Crippen molar-refractivity contribution < 1.29 is 18.6 Å². The van der Waals surface area contributed by atoms with E-state index in [1.165, 1.54) is 6.07 Å². The van der Waals surface area contributed by atoms with E-state index in [2.05, 4.69) is 5.32 Å². The van der Waals surface area contributed by atoms with E-state index in [1.54, 1.807) is 19.2 Å². The van der Waals surface area contributed by atoms with Gasteiger partial charge in [-0.2, -0.15) is 0 Å². The normalized spacial score (nSPS) is 12.6. The molecule has 1 N–H and O–H groups in total. The molecule has 0 unspecified atom stereocenters. The zero-order valence-electron chi connectivity index (χ0n) is 12.2. The molecule has 1 aromatic rings. The predicted octanol–water partition coefficient (Wildman–Crippen LogP) is 2.16. The molecule has 0 amide bonds. The van der Waals surface area contributed by atoms with Crippen LogP contribution in [0.25, 0.3) is 0 Å². The lowest BCUT2D eigenvalue weighted by Gasteiger charge is -2.14. The quantitative estimate of drug-likeness (QED) is 0.632. The fourth-order valence-electron chi connectivity index (χ4n) is 1.71. The molecule has 0 aliphatic carbocycles. The molecule has 0 spiro atoms. The Labute approximate surface area is 120 Å². The number of hydrogen-bond acceptors (Lipinski definition) is 4. The number of benzene rings is 1. The second-order valence-electron chi connectivity index (χ2n) is 4.45. The zero-order chi connectivity index (χ0) is 14.6. The summed E-state index contributed by atoms with van der Waals surface area (Å²) in [5.41, 5.74) is 0.938. The smallest absolute Gasteiger partial charge is 0.123 e. The minimum absolute atomic E-state index is 0.104. The van der Waals surface area contributed by atoms with Crippen molar-refractivity contribution >= 4 is 0 Å². The van der Waals surface area contributed by atoms with E-state index in [4.69, 9.17) is 14.2 Å². The summed E-state index contributed by atoms with van der Waals surface area (Å²) in [7, 11) is 1.64. The van der Waals surface area contributed by atoms with Crippen LogP contribution in [0, 0.1) is 5.82 Å². The van der Waals surface area contributed by atoms with Crippen LogP contribution in [0.4, 0.5) is 4.39 Å². The van der Waals surface area contributed by atoms with Crippen molar-refractivity contribution in [2.75, 3.05) is 46.7 Å². The first-order valence-electron chi connectivity index (χ1n) is 6.87. The highest BCUT2D eigenvalue weighted by atomic mass is 19.1. The van der Waals surface area contributed by atoms with Gasteiger partial charge in [-0.25, -0.2) is 4.39 Å². The topological polar surface area (TPSA) is 39.7 Å². The summed E-state index contributed by atoms with van der Waals surface area (Å²) in [5, 5.41) is 3.28. The van der Waals surface area contributed by atoms with Crippen molar-refractivity contribution in [2.24, 2.45) is 0 Å². The molecule has 0 aromatic heterocycles. The third-order valence-corrected chi connectivity index (χ3v) is 2.85. The summed E-state index contributed by atoms with van der Waals surface area (Å²) in [4.78, 5) is 0. The van der Waals surface area contributed by atoms with E-state index in [9.17, 15) is 4.39 Å². The molecule has 0 aliphatic heterocycles. The van der Waals surface area contributed by atoms with Crippen molar-refractivity contribution in [3.8, 4) is 0 Å². The van der Waals surface area contributed by atoms with Gasteiger partial charge in [-0.15, -0.1) is 0 Å². The first-order chi connectivity index (χ1) is 9.74. The second-order valence-corrected chi connectivity index (χ2v) is 4.45. The average Bonchev–Trinajstić information content (AvgIpc) is 2.45. The highest BCUT2D eigenvalue weighted by molar-refractivity contribution is 5.19. The molecule has 1 aromatic carbocycles. The third-order valence-electron chi connectivity index (χ3n) is 2.85. The molecular formula is C15H24FNO3. The van der Waals surface area contributed by atoms with E-state index < -0.39 is 0 Å². The summed E-state index contributed by atoms with van der Waals surface area (Å²) in [6, 6.07) is 6.72. The monoisotopic (exact) mass is 285 g/mol. The largest absolute Gasteiger partial charge is 0.382 e. The Bertz CT molecular complexity index is 363. The summed E-state index contributed by atoms with van der Waals surface area (Å²) >= 11 is 0. The first kappa shape index (κ1) is 17.0. The Morgan fingerprint density at radius 1 is 1.10 bits per heavy atom. The van der Waals surface area contributed by atoms with Gasteiger partial charge in [0.15, 0.2) is 0 Å². The van der Waals surface area contributed by atoms with Crippen LogP contribution in [-0.4, -0.2) is 46.7 Å². The summed E-state index contributed by atoms with van der Waals surface area (Å²) < 4.78 is 28.6. The van der Waals surface area contributed by atoms with E-state index in [1.807, 2.05) is 13.0 Å². The standard InChI is InChI=1S/C15H24FNO3/c1-13(14-4-3-5-15(16)12-14)17-6-7-19-10-11-20-9-8-18-2/h3-5,12-13,17H,6-11H2,1-2H3/t13-/m0/s1. The molecule has 1 rings (SSSR count). The molecule has 1 atom stereocenters. The number of hydrogen-bond donors (Lipinski definition) is 1. The fraction of sp³-hybridized carbons (Fsp3) is 0.600. The number of rotatable bonds is 11. The second kappa shape index (κ2) is 10.7. The molecule has 114 valence electrons. The maximum absolute atomic E-state index is 13.1. The van der Waals surface area contributed by atoms with Crippen LogP contribution in [0.5, 0.6) is 0 Å². The van der Waals surface area contributed by atoms with Gasteiger partial charge in [-0.1, -0.05) is 12.1 Å². The summed E-state index contributed by atoms with van der Waals surface area (Å²) in [6.07, 6.45) is 0. The van der Waals surface area contributed by atoms with E-state index in [0.717, 1.165) is 12.1 Å². The maximum Gasteiger partial charge on any atom is 0.123 e. The Kier molecular flexibility index (Phi) is 9.15. The van der Waals surface area contributed by atoms with Gasteiger partial charge in [0.05, 0.1) is 33.0 Å². The summed E-state index contributed by atoms with van der Waals surface area (Å²) in [6.45, 7) is 5.66. The van der Waals surface area contributed by atoms with Crippen LogP contribution in [0.1, 0.15) is 18.5 Å². The van der Waals surface area contributed by atoms with Crippen molar-refractivity contribution in [1.82, 2.24) is 5.32 Å². The van der Waals surface area contributed by atoms with Crippen LogP contribution in [0.2, 0.25) is 0 Å². The van der Waals surface area contributed by atoms with Gasteiger partial charge in [0.25, 0.3) is 0 Å². The SMILES string of the molecule is COCCOCCOCCN[C@@H](C)c1cccc(F)c1. The molecule has 0 saturated carbocycles. The molecule has 0 radical (unpaired) electrons. The Morgan fingerprint density at radius 3 is 2.50 bits per heavy atom. The van der Waals surface area contributed by atoms with Crippen molar-refractivity contribution in [3.05, 3.63) is 35.6 Å². The molecule has 20 heavy (non-hydrogen) atoms. The van der Waals surface area contributed by atoms with Crippen LogP contribution < -0.4 is 5.32 Å². The summed E-state index contributed by atoms with van der Waals surface area (Å²) in [5.74, 6) is -0.208. The Morgan fingerprint density at radius 2 is 1.80 bits per heavy atom.